The van der Waals surface area contributed by atoms with Crippen LogP contribution in [0.2, 0.25) is 0 Å². The van der Waals surface area contributed by atoms with Crippen LogP contribution in [0.25, 0.3) is 0 Å². The number of hydrogen-bond acceptors (Lipinski definition) is 3. The maximum absolute atomic E-state index is 13.1. The maximum Gasteiger partial charge on any atom is 0.322 e. The number of aliphatic hydroxyl groups excluding tert-OH is 1. The number of carbonyl (C=O) groups excluding carboxylic acids is 1. The number of likely N-dealkylation sites (tertiary alicyclic amines) is 1. The molecule has 2 N–H and O–H groups in total. The molecule has 2 aliphatic heterocycles. The number of rotatable bonds is 5. The minimum atomic E-state index is -0.159. The van der Waals surface area contributed by atoms with Crippen molar-refractivity contribution in [2.24, 2.45) is 5.92 Å². The molecule has 5 nitrogen and oxygen atoms in total. The maximum atomic E-state index is 13.1. The fraction of sp³-hybridized carbons (Fsp3) is 0.480. The highest BCUT2D eigenvalue weighted by Gasteiger charge is 2.33. The van der Waals surface area contributed by atoms with Crippen molar-refractivity contribution in [3.05, 3.63) is 65.2 Å². The largest absolute Gasteiger partial charge is 0.393 e. The van der Waals surface area contributed by atoms with Crippen LogP contribution in [-0.4, -0.2) is 41.8 Å². The summed E-state index contributed by atoms with van der Waals surface area (Å²) in [6.45, 7) is 8.40. The summed E-state index contributed by atoms with van der Waals surface area (Å²) in [6, 6.07) is 16.6. The Morgan fingerprint density at radius 1 is 1.07 bits per heavy atom. The second kappa shape index (κ2) is 9.19. The summed E-state index contributed by atoms with van der Waals surface area (Å²) in [7, 11) is 0. The number of benzene rings is 2. The first-order chi connectivity index (χ1) is 14.5. The van der Waals surface area contributed by atoms with Crippen molar-refractivity contribution < 1.29 is 9.90 Å². The normalized spacial score (nSPS) is 19.9. The van der Waals surface area contributed by atoms with Crippen molar-refractivity contribution in [2.75, 3.05) is 24.5 Å². The summed E-state index contributed by atoms with van der Waals surface area (Å²) >= 11 is 0. The standard InChI is InChI=1S/C25H33N3O2/c1-18(2)23-17-28(24-10-6-5-9-22(23)24)25(30)26-15-19-7-3-4-8-20(19)16-27-13-11-21(29)12-14-27/h3-10,18,21,23,29H,11-17H2,1-2H3,(H,26,30). The number of hydrogen-bond donors (Lipinski definition) is 2. The number of nitrogens with one attached hydrogen (secondary N) is 1. The molecule has 4 rings (SSSR count). The number of para-hydroxylation sites is 1. The molecule has 1 fully saturated rings. The molecule has 5 heteroatoms. The van der Waals surface area contributed by atoms with Crippen molar-refractivity contribution >= 4 is 11.7 Å². The minimum absolute atomic E-state index is 0.0264. The van der Waals surface area contributed by atoms with Crippen LogP contribution in [-0.2, 0) is 13.1 Å². The van der Waals surface area contributed by atoms with Crippen molar-refractivity contribution in [3.8, 4) is 0 Å². The van der Waals surface area contributed by atoms with Gasteiger partial charge < -0.3 is 10.4 Å². The molecular formula is C25H33N3O2. The molecule has 1 unspecified atom stereocenters. The molecule has 2 heterocycles. The molecule has 30 heavy (non-hydrogen) atoms. The van der Waals surface area contributed by atoms with E-state index < -0.39 is 0 Å². The van der Waals surface area contributed by atoms with Crippen molar-refractivity contribution in [1.29, 1.82) is 0 Å². The number of carbonyl (C=O) groups is 1. The molecular weight excluding hydrogens is 374 g/mol. The van der Waals surface area contributed by atoms with Gasteiger partial charge in [-0.2, -0.15) is 0 Å². The Morgan fingerprint density at radius 2 is 1.73 bits per heavy atom. The molecule has 0 radical (unpaired) electrons. The van der Waals surface area contributed by atoms with Gasteiger partial charge in [-0.15, -0.1) is 0 Å². The first-order valence-corrected chi connectivity index (χ1v) is 11.1. The van der Waals surface area contributed by atoms with Gasteiger partial charge in [-0.25, -0.2) is 4.79 Å². The Balaban J connectivity index is 1.41. The van der Waals surface area contributed by atoms with Gasteiger partial charge in [-0.05, 0) is 41.5 Å². The fourth-order valence-electron chi connectivity index (χ4n) is 4.67. The molecule has 0 aromatic heterocycles. The molecule has 2 aliphatic rings. The summed E-state index contributed by atoms with van der Waals surface area (Å²) in [5, 5.41) is 12.9. The van der Waals surface area contributed by atoms with Crippen LogP contribution >= 0.6 is 0 Å². The molecule has 160 valence electrons. The first-order valence-electron chi connectivity index (χ1n) is 11.1. The lowest BCUT2D eigenvalue weighted by Crippen LogP contribution is -2.39. The molecule has 0 aliphatic carbocycles. The van der Waals surface area contributed by atoms with Crippen LogP contribution < -0.4 is 10.2 Å². The predicted octanol–water partition coefficient (Wildman–Crippen LogP) is 4.11. The average molecular weight is 408 g/mol. The molecule has 1 atom stereocenters. The van der Waals surface area contributed by atoms with Gasteiger partial charge >= 0.3 is 6.03 Å². The quantitative estimate of drug-likeness (QED) is 0.784. The number of fused-ring (bicyclic) bond motifs is 1. The van der Waals surface area contributed by atoms with E-state index in [1.807, 2.05) is 17.0 Å². The topological polar surface area (TPSA) is 55.8 Å². The number of amides is 2. The number of anilines is 1. The van der Waals surface area contributed by atoms with Crippen LogP contribution in [0.3, 0.4) is 0 Å². The van der Waals surface area contributed by atoms with Gasteiger partial charge in [0.05, 0.1) is 6.10 Å². The zero-order valence-electron chi connectivity index (χ0n) is 18.1. The van der Waals surface area contributed by atoms with E-state index in [0.29, 0.717) is 18.4 Å². The number of urea groups is 1. The van der Waals surface area contributed by atoms with Crippen LogP contribution in [0, 0.1) is 5.92 Å². The van der Waals surface area contributed by atoms with Crippen LogP contribution in [0.5, 0.6) is 0 Å². The van der Waals surface area contributed by atoms with E-state index in [9.17, 15) is 9.90 Å². The Kier molecular flexibility index (Phi) is 6.40. The lowest BCUT2D eigenvalue weighted by atomic mass is 9.90. The summed E-state index contributed by atoms with van der Waals surface area (Å²) in [5.74, 6) is 0.876. The molecule has 0 saturated carbocycles. The lowest BCUT2D eigenvalue weighted by Gasteiger charge is -2.30. The fourth-order valence-corrected chi connectivity index (χ4v) is 4.67. The summed E-state index contributed by atoms with van der Waals surface area (Å²) < 4.78 is 0. The van der Waals surface area contributed by atoms with Gasteiger partial charge in [0.1, 0.15) is 0 Å². The zero-order chi connectivity index (χ0) is 21.1. The van der Waals surface area contributed by atoms with E-state index in [1.165, 1.54) is 11.1 Å². The highest BCUT2D eigenvalue weighted by Crippen LogP contribution is 2.40. The van der Waals surface area contributed by atoms with Gasteiger partial charge in [0.25, 0.3) is 0 Å². The van der Waals surface area contributed by atoms with Gasteiger partial charge in [-0.1, -0.05) is 56.3 Å². The van der Waals surface area contributed by atoms with Gasteiger partial charge in [0.2, 0.25) is 0 Å². The van der Waals surface area contributed by atoms with E-state index in [2.05, 4.69) is 60.5 Å². The molecule has 2 aromatic rings. The van der Waals surface area contributed by atoms with Crippen LogP contribution in [0.4, 0.5) is 10.5 Å². The summed E-state index contributed by atoms with van der Waals surface area (Å²) in [4.78, 5) is 17.3. The SMILES string of the molecule is CC(C)C1CN(C(=O)NCc2ccccc2CN2CCC(O)CC2)c2ccccc21. The van der Waals surface area contributed by atoms with Crippen LogP contribution in [0.1, 0.15) is 49.3 Å². The second-order valence-electron chi connectivity index (χ2n) is 8.95. The zero-order valence-corrected chi connectivity index (χ0v) is 18.1. The molecule has 2 aromatic carbocycles. The average Bonchev–Trinajstić information content (AvgIpc) is 3.15. The smallest absolute Gasteiger partial charge is 0.322 e. The van der Waals surface area contributed by atoms with Crippen LogP contribution in [0.15, 0.2) is 48.5 Å². The number of nitrogens with zero attached hydrogens (tertiary/aromatic N) is 2. The van der Waals surface area contributed by atoms with E-state index in [4.69, 9.17) is 0 Å². The van der Waals surface area contributed by atoms with E-state index in [0.717, 1.165) is 50.3 Å². The molecule has 0 spiro atoms. The molecule has 2 amide bonds. The van der Waals surface area contributed by atoms with E-state index >= 15 is 0 Å². The van der Waals surface area contributed by atoms with E-state index in [1.54, 1.807) is 0 Å². The third kappa shape index (κ3) is 4.52. The van der Waals surface area contributed by atoms with Gasteiger partial charge in [-0.3, -0.25) is 9.80 Å². The Morgan fingerprint density at radius 3 is 2.47 bits per heavy atom. The Bertz CT molecular complexity index is 874. The number of aliphatic hydroxyl groups is 1. The van der Waals surface area contributed by atoms with Gasteiger partial charge in [0.15, 0.2) is 0 Å². The Labute approximate surface area is 179 Å². The lowest BCUT2D eigenvalue weighted by molar-refractivity contribution is 0.0791. The summed E-state index contributed by atoms with van der Waals surface area (Å²) in [6.07, 6.45) is 1.52. The molecule has 0 bridgehead atoms. The summed E-state index contributed by atoms with van der Waals surface area (Å²) in [5.41, 5.74) is 4.71. The van der Waals surface area contributed by atoms with Crippen molar-refractivity contribution in [2.45, 2.75) is 51.8 Å². The van der Waals surface area contributed by atoms with Gasteiger partial charge in [0, 0.05) is 44.3 Å². The highest BCUT2D eigenvalue weighted by atomic mass is 16.3. The third-order valence-corrected chi connectivity index (χ3v) is 6.56. The minimum Gasteiger partial charge on any atom is -0.393 e. The molecule has 1 saturated heterocycles. The highest BCUT2D eigenvalue weighted by molar-refractivity contribution is 5.94. The van der Waals surface area contributed by atoms with Crippen molar-refractivity contribution in [1.82, 2.24) is 10.2 Å². The second-order valence-corrected chi connectivity index (χ2v) is 8.95. The number of piperidine rings is 1. The predicted molar refractivity (Wildman–Crippen MR) is 121 cm³/mol. The van der Waals surface area contributed by atoms with Crippen molar-refractivity contribution in [3.63, 3.8) is 0 Å². The third-order valence-electron chi connectivity index (χ3n) is 6.56. The van der Waals surface area contributed by atoms with E-state index in [-0.39, 0.29) is 12.1 Å². The monoisotopic (exact) mass is 407 g/mol. The first kappa shape index (κ1) is 20.9. The Hall–Kier alpha value is -2.37.